The number of amides is 1. The number of aryl methyl sites for hydroxylation is 1. The van der Waals surface area contributed by atoms with E-state index in [1.165, 1.54) is 12.4 Å². The number of anilines is 2. The van der Waals surface area contributed by atoms with Crippen LogP contribution in [0.1, 0.15) is 35.3 Å². The molecule has 0 aliphatic carbocycles. The van der Waals surface area contributed by atoms with Crippen molar-refractivity contribution < 1.29 is 35.9 Å². The number of likely N-dealkylation sites (tertiary alicyclic amines) is 1. The Bertz CT molecular complexity index is 1210. The van der Waals surface area contributed by atoms with Gasteiger partial charge in [0.2, 0.25) is 5.88 Å². The van der Waals surface area contributed by atoms with Crippen LogP contribution in [0.25, 0.3) is 0 Å². The summed E-state index contributed by atoms with van der Waals surface area (Å²) < 4.78 is 86.2. The second kappa shape index (κ2) is 11.9. The lowest BCUT2D eigenvalue weighted by molar-refractivity contribution is -0.144. The maximum Gasteiger partial charge on any atom is 0.412 e. The summed E-state index contributed by atoms with van der Waals surface area (Å²) in [5, 5.41) is 5.60. The molecule has 0 saturated carbocycles. The Kier molecular flexibility index (Phi) is 8.73. The van der Waals surface area contributed by atoms with E-state index in [4.69, 9.17) is 4.74 Å². The van der Waals surface area contributed by atoms with Gasteiger partial charge < -0.3 is 20.3 Å². The molecule has 0 radical (unpaired) electrons. The zero-order valence-electron chi connectivity index (χ0n) is 20.6. The monoisotopic (exact) mass is 577 g/mol. The van der Waals surface area contributed by atoms with E-state index in [0.717, 1.165) is 11.5 Å². The molecule has 2 N–H and O–H groups in total. The van der Waals surface area contributed by atoms with Gasteiger partial charge in [0.05, 0.1) is 42.3 Å². The number of nitrogens with zero attached hydrogens (tertiary/aromatic N) is 5. The van der Waals surface area contributed by atoms with Gasteiger partial charge in [-0.1, -0.05) is 0 Å². The molecule has 2 aliphatic heterocycles. The standard InChI is InChI=1S/C23H25F6N7O2S/c1-13-19(21(39-35-13)34-17-12-30-11-16(33-17)23(27,28)29)20(37)32-14-2-3-18(31-10-14)38-15-4-7-36(8-5-15)9-6-22(24,25)26/h2-3,10,12,15-16H,4-9,11H2,1H3,(H,32,37)(H,33,34). The minimum absolute atomic E-state index is 0.0327. The van der Waals surface area contributed by atoms with Crippen LogP contribution in [0.15, 0.2) is 28.3 Å². The molecule has 2 aliphatic rings. The van der Waals surface area contributed by atoms with Gasteiger partial charge in [-0.2, -0.15) is 30.7 Å². The smallest absolute Gasteiger partial charge is 0.412 e. The summed E-state index contributed by atoms with van der Waals surface area (Å²) in [5.41, 5.74) is 0.859. The largest absolute Gasteiger partial charge is 0.474 e. The Morgan fingerprint density at radius 2 is 1.92 bits per heavy atom. The van der Waals surface area contributed by atoms with Gasteiger partial charge >= 0.3 is 12.4 Å². The fourth-order valence-corrected chi connectivity index (χ4v) is 4.79. The summed E-state index contributed by atoms with van der Waals surface area (Å²) in [6.45, 7) is 2.05. The number of amidine groups is 1. The summed E-state index contributed by atoms with van der Waals surface area (Å²) in [7, 11) is 0. The molecular weight excluding hydrogens is 552 g/mol. The van der Waals surface area contributed by atoms with E-state index in [9.17, 15) is 31.1 Å². The first-order valence-electron chi connectivity index (χ1n) is 12.0. The first kappa shape index (κ1) is 28.7. The number of carbonyl (C=O) groups excluding carboxylic acids is 1. The van der Waals surface area contributed by atoms with Crippen molar-refractivity contribution >= 4 is 40.2 Å². The van der Waals surface area contributed by atoms with Gasteiger partial charge in [-0.25, -0.2) is 4.98 Å². The first-order chi connectivity index (χ1) is 18.4. The highest BCUT2D eigenvalue weighted by Gasteiger charge is 2.40. The van der Waals surface area contributed by atoms with Crippen LogP contribution in [0, 0.1) is 6.92 Å². The van der Waals surface area contributed by atoms with Crippen LogP contribution in [0.2, 0.25) is 0 Å². The van der Waals surface area contributed by atoms with Crippen molar-refractivity contribution in [1.29, 1.82) is 0 Å². The number of piperidine rings is 1. The van der Waals surface area contributed by atoms with Gasteiger partial charge in [-0.05, 0) is 37.4 Å². The molecule has 1 fully saturated rings. The number of ether oxygens (including phenoxy) is 1. The Morgan fingerprint density at radius 3 is 2.56 bits per heavy atom. The molecule has 0 spiro atoms. The number of aliphatic imine (C=N–C) groups is 2. The molecule has 2 aromatic heterocycles. The van der Waals surface area contributed by atoms with Crippen LogP contribution in [0.4, 0.5) is 37.0 Å². The minimum Gasteiger partial charge on any atom is -0.474 e. The second-order valence-electron chi connectivity index (χ2n) is 9.03. The number of aromatic nitrogens is 2. The van der Waals surface area contributed by atoms with Crippen LogP contribution in [0.3, 0.4) is 0 Å². The van der Waals surface area contributed by atoms with Crippen molar-refractivity contribution in [2.45, 2.75) is 50.7 Å². The maximum absolute atomic E-state index is 13.0. The number of nitrogens with one attached hydrogen (secondary N) is 2. The van der Waals surface area contributed by atoms with Crippen molar-refractivity contribution in [1.82, 2.24) is 14.3 Å². The highest BCUT2D eigenvalue weighted by atomic mass is 32.1. The highest BCUT2D eigenvalue weighted by molar-refractivity contribution is 7.11. The molecule has 1 amide bonds. The average molecular weight is 578 g/mol. The number of halogens is 6. The third-order valence-corrected chi connectivity index (χ3v) is 6.88. The summed E-state index contributed by atoms with van der Waals surface area (Å²) in [4.78, 5) is 26.2. The van der Waals surface area contributed by atoms with Crippen molar-refractivity contribution in [3.63, 3.8) is 0 Å². The van der Waals surface area contributed by atoms with Gasteiger partial charge in [0.1, 0.15) is 16.9 Å². The van der Waals surface area contributed by atoms with Gasteiger partial charge in [0, 0.05) is 25.7 Å². The van der Waals surface area contributed by atoms with E-state index in [1.807, 2.05) is 0 Å². The zero-order chi connectivity index (χ0) is 28.2. The molecule has 0 bridgehead atoms. The Morgan fingerprint density at radius 1 is 1.18 bits per heavy atom. The number of carbonyl (C=O) groups is 1. The van der Waals surface area contributed by atoms with Gasteiger partial charge in [-0.15, -0.1) is 0 Å². The molecule has 2 aromatic rings. The van der Waals surface area contributed by atoms with Gasteiger partial charge in [-0.3, -0.25) is 14.8 Å². The SMILES string of the molecule is Cc1nsc(NC2=NC(C(F)(F)F)CN=C2)c1C(=O)Nc1ccc(OC2CCN(CCC(F)(F)F)CC2)nc1. The second-order valence-corrected chi connectivity index (χ2v) is 9.80. The molecule has 1 atom stereocenters. The average Bonchev–Trinajstić information content (AvgIpc) is 3.23. The third-order valence-electron chi connectivity index (χ3n) is 6.02. The van der Waals surface area contributed by atoms with Gasteiger partial charge in [0.15, 0.2) is 6.04 Å². The molecule has 16 heteroatoms. The quantitative estimate of drug-likeness (QED) is 0.462. The summed E-state index contributed by atoms with van der Waals surface area (Å²) in [6, 6.07) is 1.17. The predicted molar refractivity (Wildman–Crippen MR) is 134 cm³/mol. The molecule has 4 heterocycles. The van der Waals surface area contributed by atoms with Gasteiger partial charge in [0.25, 0.3) is 5.91 Å². The minimum atomic E-state index is -4.54. The highest BCUT2D eigenvalue weighted by Crippen LogP contribution is 2.28. The number of rotatable bonds is 7. The molecule has 0 aromatic carbocycles. The molecule has 4 rings (SSSR count). The van der Waals surface area contributed by atoms with Crippen LogP contribution in [-0.2, 0) is 0 Å². The van der Waals surface area contributed by atoms with Crippen LogP contribution in [-0.4, -0.2) is 82.9 Å². The normalized spacial score (nSPS) is 19.1. The molecule has 39 heavy (non-hydrogen) atoms. The van der Waals surface area contributed by atoms with Crippen molar-refractivity contribution in [3.05, 3.63) is 29.6 Å². The summed E-state index contributed by atoms with van der Waals surface area (Å²) in [6.07, 6.45) is -6.04. The number of pyridine rings is 1. The Labute approximate surface area is 223 Å². The van der Waals surface area contributed by atoms with E-state index in [0.29, 0.717) is 43.2 Å². The van der Waals surface area contributed by atoms with E-state index >= 15 is 0 Å². The predicted octanol–water partition coefficient (Wildman–Crippen LogP) is 4.72. The topological polar surface area (TPSA) is 104 Å². The molecule has 1 saturated heterocycles. The first-order valence-corrected chi connectivity index (χ1v) is 12.8. The Balaban J connectivity index is 1.31. The zero-order valence-corrected chi connectivity index (χ0v) is 21.5. The number of alkyl halides is 6. The van der Waals surface area contributed by atoms with E-state index in [1.54, 1.807) is 24.0 Å². The van der Waals surface area contributed by atoms with Crippen LogP contribution < -0.4 is 15.4 Å². The van der Waals surface area contributed by atoms with E-state index < -0.39 is 37.3 Å². The summed E-state index contributed by atoms with van der Waals surface area (Å²) in [5.74, 6) is -0.368. The molecule has 212 valence electrons. The fraction of sp³-hybridized carbons (Fsp3) is 0.522. The summed E-state index contributed by atoms with van der Waals surface area (Å²) >= 11 is 0.903. The third kappa shape index (κ3) is 8.11. The number of hydrogen-bond acceptors (Lipinski definition) is 9. The van der Waals surface area contributed by atoms with Crippen molar-refractivity contribution in [2.75, 3.05) is 36.8 Å². The lowest BCUT2D eigenvalue weighted by Gasteiger charge is -2.32. The van der Waals surface area contributed by atoms with Crippen molar-refractivity contribution in [3.8, 4) is 5.88 Å². The van der Waals surface area contributed by atoms with Crippen LogP contribution in [0.5, 0.6) is 5.88 Å². The van der Waals surface area contributed by atoms with E-state index in [2.05, 4.69) is 30.0 Å². The number of hydrogen-bond donors (Lipinski definition) is 2. The lowest BCUT2D eigenvalue weighted by atomic mass is 10.1. The van der Waals surface area contributed by atoms with Crippen molar-refractivity contribution in [2.24, 2.45) is 9.98 Å². The maximum atomic E-state index is 13.0. The molecule has 1 unspecified atom stereocenters. The Hall–Kier alpha value is -3.27. The molecule has 9 nitrogen and oxygen atoms in total. The fourth-order valence-electron chi connectivity index (χ4n) is 3.99. The lowest BCUT2D eigenvalue weighted by Crippen LogP contribution is -2.39. The van der Waals surface area contributed by atoms with E-state index in [-0.39, 0.29) is 29.0 Å². The molecular formula is C23H25F6N7O2S. The van der Waals surface area contributed by atoms with Crippen LogP contribution >= 0.6 is 11.5 Å².